The summed E-state index contributed by atoms with van der Waals surface area (Å²) in [5.74, 6) is 0.309. The van der Waals surface area contributed by atoms with Crippen LogP contribution in [0.15, 0.2) is 30.5 Å². The third-order valence-electron chi connectivity index (χ3n) is 4.99. The van der Waals surface area contributed by atoms with E-state index in [1.807, 2.05) is 46.9 Å². The predicted octanol–water partition coefficient (Wildman–Crippen LogP) is 4.03. The van der Waals surface area contributed by atoms with E-state index in [0.29, 0.717) is 19.0 Å². The third kappa shape index (κ3) is 3.23. The molecule has 0 N–H and O–H groups in total. The zero-order chi connectivity index (χ0) is 17.1. The third-order valence-corrected chi connectivity index (χ3v) is 4.99. The highest BCUT2D eigenvalue weighted by Crippen LogP contribution is 2.24. The summed E-state index contributed by atoms with van der Waals surface area (Å²) in [4.78, 5) is 27.1. The number of amides is 1. The normalized spacial score (nSPS) is 18.1. The Morgan fingerprint density at radius 1 is 1.21 bits per heavy atom. The molecule has 1 fully saturated rings. The minimum Gasteiger partial charge on any atom is -0.338 e. The van der Waals surface area contributed by atoms with Crippen molar-refractivity contribution >= 4 is 22.6 Å². The number of benzene rings is 1. The second kappa shape index (κ2) is 7.20. The molecule has 4 heteroatoms. The fourth-order valence-electron chi connectivity index (χ4n) is 3.67. The molecule has 2 heterocycles. The van der Waals surface area contributed by atoms with Crippen molar-refractivity contribution in [3.8, 4) is 0 Å². The molecule has 1 amide bonds. The highest BCUT2D eigenvalue weighted by atomic mass is 16.2. The van der Waals surface area contributed by atoms with Gasteiger partial charge in [-0.3, -0.25) is 9.59 Å². The number of carbonyl (C=O) groups excluding carboxylic acids is 2. The van der Waals surface area contributed by atoms with Crippen molar-refractivity contribution < 1.29 is 9.59 Å². The number of likely N-dealkylation sites (tertiary alicyclic amines) is 1. The van der Waals surface area contributed by atoms with Crippen LogP contribution in [0.4, 0.5) is 0 Å². The molecule has 0 saturated carbocycles. The Labute approximate surface area is 143 Å². The fourth-order valence-corrected chi connectivity index (χ4v) is 3.67. The smallest absolute Gasteiger partial charge is 0.242 e. The van der Waals surface area contributed by atoms with Crippen molar-refractivity contribution in [2.24, 2.45) is 0 Å². The van der Waals surface area contributed by atoms with Crippen molar-refractivity contribution in [1.29, 1.82) is 0 Å². The Hall–Kier alpha value is -2.10. The summed E-state index contributed by atoms with van der Waals surface area (Å²) in [5, 5.41) is 0.954. The summed E-state index contributed by atoms with van der Waals surface area (Å²) in [6.07, 6.45) is 6.62. The van der Waals surface area contributed by atoms with Crippen LogP contribution in [0.1, 0.15) is 56.3 Å². The van der Waals surface area contributed by atoms with Gasteiger partial charge in [0.15, 0.2) is 5.78 Å². The van der Waals surface area contributed by atoms with Crippen LogP contribution in [0, 0.1) is 0 Å². The van der Waals surface area contributed by atoms with E-state index in [0.717, 1.165) is 42.3 Å². The van der Waals surface area contributed by atoms with Gasteiger partial charge in [-0.05, 0) is 38.7 Å². The Balaban J connectivity index is 1.89. The van der Waals surface area contributed by atoms with Gasteiger partial charge in [-0.25, -0.2) is 0 Å². The quantitative estimate of drug-likeness (QED) is 0.779. The van der Waals surface area contributed by atoms with Crippen molar-refractivity contribution in [2.45, 2.75) is 58.5 Å². The number of carbonyl (C=O) groups is 2. The number of fused-ring (bicyclic) bond motifs is 1. The molecule has 0 bridgehead atoms. The number of rotatable bonds is 5. The zero-order valence-electron chi connectivity index (χ0n) is 14.6. The minimum absolute atomic E-state index is 0.150. The fraction of sp³-hybridized carbons (Fsp3) is 0.500. The van der Waals surface area contributed by atoms with E-state index in [1.165, 1.54) is 6.42 Å². The average Bonchev–Trinajstić information content (AvgIpc) is 2.94. The maximum absolute atomic E-state index is 12.7. The lowest BCUT2D eigenvalue weighted by atomic mass is 10.0. The minimum atomic E-state index is 0.150. The van der Waals surface area contributed by atoms with Crippen LogP contribution in [0.25, 0.3) is 10.9 Å². The molecule has 0 aliphatic carbocycles. The summed E-state index contributed by atoms with van der Waals surface area (Å²) < 4.78 is 1.95. The predicted molar refractivity (Wildman–Crippen MR) is 96.2 cm³/mol. The van der Waals surface area contributed by atoms with Crippen LogP contribution < -0.4 is 0 Å². The molecule has 0 radical (unpaired) electrons. The van der Waals surface area contributed by atoms with Gasteiger partial charge >= 0.3 is 0 Å². The van der Waals surface area contributed by atoms with Gasteiger partial charge < -0.3 is 9.47 Å². The second-order valence-corrected chi connectivity index (χ2v) is 6.79. The van der Waals surface area contributed by atoms with Crippen LogP contribution in [0.3, 0.4) is 0 Å². The molecule has 128 valence electrons. The van der Waals surface area contributed by atoms with Crippen molar-refractivity contribution in [3.05, 3.63) is 36.0 Å². The lowest BCUT2D eigenvalue weighted by Gasteiger charge is -2.33. The van der Waals surface area contributed by atoms with E-state index in [4.69, 9.17) is 0 Å². The van der Waals surface area contributed by atoms with Crippen molar-refractivity contribution in [2.75, 3.05) is 6.54 Å². The SMILES string of the molecule is CCCC(=O)c1cn(CC(=O)N2CCCC[C@@H]2C)c2ccccc12. The van der Waals surface area contributed by atoms with E-state index < -0.39 is 0 Å². The van der Waals surface area contributed by atoms with E-state index >= 15 is 0 Å². The van der Waals surface area contributed by atoms with Gasteiger partial charge in [0.25, 0.3) is 0 Å². The van der Waals surface area contributed by atoms with E-state index in [-0.39, 0.29) is 11.7 Å². The van der Waals surface area contributed by atoms with Crippen LogP contribution >= 0.6 is 0 Å². The molecule has 4 nitrogen and oxygen atoms in total. The lowest BCUT2D eigenvalue weighted by Crippen LogP contribution is -2.43. The first-order chi connectivity index (χ1) is 11.6. The molecule has 1 saturated heterocycles. The standard InChI is InChI=1S/C20H26N2O2/c1-3-8-19(23)17-13-21(18-11-5-4-10-16(17)18)14-20(24)22-12-7-6-9-15(22)2/h4-5,10-11,13,15H,3,6-9,12,14H2,1-2H3/t15-/m0/s1. The van der Waals surface area contributed by atoms with E-state index in [1.54, 1.807) is 0 Å². The average molecular weight is 326 g/mol. The maximum atomic E-state index is 12.7. The van der Waals surface area contributed by atoms with Gasteiger partial charge in [0.1, 0.15) is 6.54 Å². The Morgan fingerprint density at radius 3 is 2.75 bits per heavy atom. The van der Waals surface area contributed by atoms with Gasteiger partial charge in [0, 0.05) is 41.7 Å². The molecule has 1 aromatic heterocycles. The first kappa shape index (κ1) is 16.7. The summed E-state index contributed by atoms with van der Waals surface area (Å²) in [6, 6.07) is 8.19. The first-order valence-electron chi connectivity index (χ1n) is 9.02. The van der Waals surface area contributed by atoms with Crippen molar-refractivity contribution in [3.63, 3.8) is 0 Å². The molecular weight excluding hydrogens is 300 g/mol. The highest BCUT2D eigenvalue weighted by molar-refractivity contribution is 6.08. The van der Waals surface area contributed by atoms with Gasteiger partial charge in [0.2, 0.25) is 5.91 Å². The molecule has 0 spiro atoms. The summed E-state index contributed by atoms with van der Waals surface area (Å²) in [6.45, 7) is 5.30. The largest absolute Gasteiger partial charge is 0.338 e. The molecule has 0 unspecified atom stereocenters. The topological polar surface area (TPSA) is 42.3 Å². The summed E-state index contributed by atoms with van der Waals surface area (Å²) in [7, 11) is 0. The van der Waals surface area contributed by atoms with E-state index in [9.17, 15) is 9.59 Å². The number of aromatic nitrogens is 1. The number of piperidine rings is 1. The monoisotopic (exact) mass is 326 g/mol. The Bertz CT molecular complexity index is 747. The van der Waals surface area contributed by atoms with Gasteiger partial charge in [-0.2, -0.15) is 0 Å². The molecule has 3 rings (SSSR count). The number of hydrogen-bond donors (Lipinski definition) is 0. The van der Waals surface area contributed by atoms with Crippen molar-refractivity contribution in [1.82, 2.24) is 9.47 Å². The first-order valence-corrected chi connectivity index (χ1v) is 9.02. The van der Waals surface area contributed by atoms with E-state index in [2.05, 4.69) is 6.92 Å². The lowest BCUT2D eigenvalue weighted by molar-refractivity contribution is -0.135. The van der Waals surface area contributed by atoms with Crippen LogP contribution in [0.5, 0.6) is 0 Å². The van der Waals surface area contributed by atoms with Gasteiger partial charge in [-0.1, -0.05) is 25.1 Å². The van der Waals surface area contributed by atoms with Gasteiger partial charge in [-0.15, -0.1) is 0 Å². The number of ketones is 1. The highest BCUT2D eigenvalue weighted by Gasteiger charge is 2.24. The summed E-state index contributed by atoms with van der Waals surface area (Å²) in [5.41, 5.74) is 1.71. The van der Waals surface area contributed by atoms with Crippen LogP contribution in [0.2, 0.25) is 0 Å². The van der Waals surface area contributed by atoms with Crippen LogP contribution in [-0.2, 0) is 11.3 Å². The number of nitrogens with zero attached hydrogens (tertiary/aromatic N) is 2. The molecule has 1 aliphatic rings. The molecular formula is C20H26N2O2. The molecule has 1 aromatic carbocycles. The molecule has 1 atom stereocenters. The molecule has 24 heavy (non-hydrogen) atoms. The molecule has 2 aromatic rings. The second-order valence-electron chi connectivity index (χ2n) is 6.79. The van der Waals surface area contributed by atoms with Crippen LogP contribution in [-0.4, -0.2) is 33.7 Å². The number of hydrogen-bond acceptors (Lipinski definition) is 2. The Kier molecular flexibility index (Phi) is 5.03. The zero-order valence-corrected chi connectivity index (χ0v) is 14.6. The number of Topliss-reactive ketones (excluding diaryl/α,β-unsaturated/α-hetero) is 1. The maximum Gasteiger partial charge on any atom is 0.242 e. The number of para-hydroxylation sites is 1. The summed E-state index contributed by atoms with van der Waals surface area (Å²) >= 11 is 0. The molecule has 1 aliphatic heterocycles. The Morgan fingerprint density at radius 2 is 2.00 bits per heavy atom. The van der Waals surface area contributed by atoms with Gasteiger partial charge in [0.05, 0.1) is 0 Å².